The van der Waals surface area contributed by atoms with Crippen LogP contribution in [0.5, 0.6) is 5.75 Å². The van der Waals surface area contributed by atoms with Gasteiger partial charge in [0, 0.05) is 24.9 Å². The monoisotopic (exact) mass is 325 g/mol. The predicted molar refractivity (Wildman–Crippen MR) is 83.9 cm³/mol. The highest BCUT2D eigenvalue weighted by Crippen LogP contribution is 2.25. The molecule has 0 radical (unpaired) electrons. The first-order chi connectivity index (χ1) is 10.9. The number of ketones is 1. The average molecular weight is 325 g/mol. The number of unbranched alkanes of at least 4 members (excludes halogenated alkanes) is 1. The summed E-state index contributed by atoms with van der Waals surface area (Å²) < 4.78 is 9.62. The minimum Gasteiger partial charge on any atom is -0.507 e. The molecule has 1 atom stereocenters. The number of amides is 1. The standard InChI is InChI=1S/C16H23NO6/c1-4-11(18)14-12(19)9-13(23-15(14)20)10(2)7-5-6-8-17-16(21)22-3/h9-10,19H,4-8H2,1-3H3,(H,17,21). The molecule has 0 saturated heterocycles. The number of alkyl carbamates (subject to hydrolysis) is 1. The molecule has 0 aromatic carbocycles. The van der Waals surface area contributed by atoms with Gasteiger partial charge in [-0.3, -0.25) is 4.79 Å². The average Bonchev–Trinajstić information content (AvgIpc) is 2.52. The lowest BCUT2D eigenvalue weighted by atomic mass is 10.00. The summed E-state index contributed by atoms with van der Waals surface area (Å²) in [5, 5.41) is 12.5. The number of carbonyl (C=O) groups is 2. The lowest BCUT2D eigenvalue weighted by molar-refractivity contribution is 0.0980. The molecule has 7 heteroatoms. The third kappa shape index (κ3) is 5.43. The Kier molecular flexibility index (Phi) is 7.31. The van der Waals surface area contributed by atoms with E-state index in [0.29, 0.717) is 18.7 Å². The van der Waals surface area contributed by atoms with Gasteiger partial charge in [-0.25, -0.2) is 9.59 Å². The molecule has 0 saturated carbocycles. The Morgan fingerprint density at radius 2 is 2.09 bits per heavy atom. The Labute approximate surface area is 134 Å². The molecular weight excluding hydrogens is 302 g/mol. The van der Waals surface area contributed by atoms with Crippen molar-refractivity contribution < 1.29 is 23.8 Å². The van der Waals surface area contributed by atoms with E-state index in [2.05, 4.69) is 10.1 Å². The van der Waals surface area contributed by atoms with Crippen LogP contribution in [-0.2, 0) is 4.74 Å². The zero-order chi connectivity index (χ0) is 17.4. The highest BCUT2D eigenvalue weighted by atomic mass is 16.5. The maximum absolute atomic E-state index is 11.8. The van der Waals surface area contributed by atoms with Crippen LogP contribution in [-0.4, -0.2) is 30.6 Å². The maximum atomic E-state index is 11.8. The number of rotatable bonds is 8. The summed E-state index contributed by atoms with van der Waals surface area (Å²) in [4.78, 5) is 34.3. The molecule has 1 amide bonds. The van der Waals surface area contributed by atoms with Gasteiger partial charge in [-0.1, -0.05) is 20.3 Å². The topological polar surface area (TPSA) is 106 Å². The molecule has 1 aromatic rings. The number of hydrogen-bond donors (Lipinski definition) is 2. The van der Waals surface area contributed by atoms with Crippen LogP contribution in [0.25, 0.3) is 0 Å². The Bertz CT molecular complexity index is 607. The Morgan fingerprint density at radius 1 is 1.39 bits per heavy atom. The van der Waals surface area contributed by atoms with Crippen LogP contribution in [0.15, 0.2) is 15.3 Å². The third-order valence-corrected chi connectivity index (χ3v) is 3.55. The summed E-state index contributed by atoms with van der Waals surface area (Å²) >= 11 is 0. The lowest BCUT2D eigenvalue weighted by Crippen LogP contribution is -2.23. The van der Waals surface area contributed by atoms with Gasteiger partial charge in [0.05, 0.1) is 7.11 Å². The van der Waals surface area contributed by atoms with Crippen LogP contribution in [0.3, 0.4) is 0 Å². The van der Waals surface area contributed by atoms with Crippen molar-refractivity contribution in [3.63, 3.8) is 0 Å². The second kappa shape index (κ2) is 8.97. The fourth-order valence-electron chi connectivity index (χ4n) is 2.16. The Hall–Kier alpha value is -2.31. The number of carbonyl (C=O) groups excluding carboxylic acids is 2. The van der Waals surface area contributed by atoms with Crippen molar-refractivity contribution in [2.45, 2.75) is 45.4 Å². The molecule has 0 aliphatic heterocycles. The van der Waals surface area contributed by atoms with Gasteiger partial charge in [0.1, 0.15) is 17.1 Å². The van der Waals surface area contributed by atoms with E-state index in [1.54, 1.807) is 6.92 Å². The van der Waals surface area contributed by atoms with Crippen molar-refractivity contribution in [1.29, 1.82) is 0 Å². The van der Waals surface area contributed by atoms with E-state index in [1.807, 2.05) is 6.92 Å². The Balaban J connectivity index is 2.60. The summed E-state index contributed by atoms with van der Waals surface area (Å²) in [5.74, 6) is -0.509. The van der Waals surface area contributed by atoms with Crippen LogP contribution in [0.4, 0.5) is 4.79 Å². The molecule has 1 rings (SSSR count). The molecule has 2 N–H and O–H groups in total. The number of nitrogens with one attached hydrogen (secondary N) is 1. The first kappa shape index (κ1) is 18.7. The highest BCUT2D eigenvalue weighted by Gasteiger charge is 2.19. The third-order valence-electron chi connectivity index (χ3n) is 3.55. The van der Waals surface area contributed by atoms with Crippen molar-refractivity contribution >= 4 is 11.9 Å². The van der Waals surface area contributed by atoms with Gasteiger partial charge in [0.15, 0.2) is 5.78 Å². The van der Waals surface area contributed by atoms with E-state index >= 15 is 0 Å². The van der Waals surface area contributed by atoms with Gasteiger partial charge in [-0.05, 0) is 12.8 Å². The Morgan fingerprint density at radius 3 is 2.65 bits per heavy atom. The van der Waals surface area contributed by atoms with Crippen molar-refractivity contribution in [1.82, 2.24) is 5.32 Å². The maximum Gasteiger partial charge on any atom is 0.406 e. The summed E-state index contributed by atoms with van der Waals surface area (Å²) in [6, 6.07) is 1.33. The smallest absolute Gasteiger partial charge is 0.406 e. The molecule has 0 fully saturated rings. The minimum absolute atomic E-state index is 0.0856. The van der Waals surface area contributed by atoms with Gasteiger partial charge in [0.25, 0.3) is 0 Å². The van der Waals surface area contributed by atoms with Crippen molar-refractivity contribution in [3.05, 3.63) is 27.8 Å². The molecule has 0 aliphatic carbocycles. The second-order valence-electron chi connectivity index (χ2n) is 5.29. The van der Waals surface area contributed by atoms with Gasteiger partial charge in [0.2, 0.25) is 0 Å². The summed E-state index contributed by atoms with van der Waals surface area (Å²) in [7, 11) is 1.30. The summed E-state index contributed by atoms with van der Waals surface area (Å²) in [6.07, 6.45) is 1.92. The molecule has 1 heterocycles. The second-order valence-corrected chi connectivity index (χ2v) is 5.29. The zero-order valence-corrected chi connectivity index (χ0v) is 13.7. The molecule has 128 valence electrons. The van der Waals surface area contributed by atoms with E-state index in [0.717, 1.165) is 12.8 Å². The van der Waals surface area contributed by atoms with E-state index in [-0.39, 0.29) is 23.7 Å². The summed E-state index contributed by atoms with van der Waals surface area (Å²) in [5.41, 5.74) is -1.09. The SMILES string of the molecule is CCC(=O)c1c(O)cc(C(C)CCCCNC(=O)OC)oc1=O. The van der Waals surface area contributed by atoms with Gasteiger partial charge in [-0.2, -0.15) is 0 Å². The van der Waals surface area contributed by atoms with E-state index in [4.69, 9.17) is 4.42 Å². The normalized spacial score (nSPS) is 11.8. The molecule has 23 heavy (non-hydrogen) atoms. The van der Waals surface area contributed by atoms with Crippen molar-refractivity contribution in [2.24, 2.45) is 0 Å². The molecule has 1 aromatic heterocycles. The van der Waals surface area contributed by atoms with Crippen LogP contribution < -0.4 is 10.9 Å². The van der Waals surface area contributed by atoms with E-state index < -0.39 is 17.5 Å². The van der Waals surface area contributed by atoms with Crippen LogP contribution in [0.2, 0.25) is 0 Å². The number of aromatic hydroxyl groups is 1. The fraction of sp³-hybridized carbons (Fsp3) is 0.562. The predicted octanol–water partition coefficient (Wildman–Crippen LogP) is 2.57. The number of ether oxygens (including phenoxy) is 1. The van der Waals surface area contributed by atoms with Crippen LogP contribution >= 0.6 is 0 Å². The molecule has 7 nitrogen and oxygen atoms in total. The molecule has 0 bridgehead atoms. The molecule has 0 aliphatic rings. The van der Waals surface area contributed by atoms with Crippen molar-refractivity contribution in [3.8, 4) is 5.75 Å². The van der Waals surface area contributed by atoms with E-state index in [1.165, 1.54) is 13.2 Å². The minimum atomic E-state index is -0.800. The van der Waals surface area contributed by atoms with Crippen molar-refractivity contribution in [2.75, 3.05) is 13.7 Å². The molecule has 0 spiro atoms. The van der Waals surface area contributed by atoms with Crippen LogP contribution in [0, 0.1) is 0 Å². The quantitative estimate of drug-likeness (QED) is 0.562. The zero-order valence-electron chi connectivity index (χ0n) is 13.7. The molecular formula is C16H23NO6. The first-order valence-corrected chi connectivity index (χ1v) is 7.62. The van der Waals surface area contributed by atoms with E-state index in [9.17, 15) is 19.5 Å². The van der Waals surface area contributed by atoms with Crippen LogP contribution in [0.1, 0.15) is 61.6 Å². The van der Waals surface area contributed by atoms with Gasteiger partial charge < -0.3 is 19.6 Å². The summed E-state index contributed by atoms with van der Waals surface area (Å²) in [6.45, 7) is 3.98. The highest BCUT2D eigenvalue weighted by molar-refractivity contribution is 5.97. The molecule has 1 unspecified atom stereocenters. The van der Waals surface area contributed by atoms with Gasteiger partial charge in [-0.15, -0.1) is 0 Å². The number of Topliss-reactive ketones (excluding diaryl/α,β-unsaturated/α-hetero) is 1. The fourth-order valence-corrected chi connectivity index (χ4v) is 2.16. The lowest BCUT2D eigenvalue weighted by Gasteiger charge is -2.11. The van der Waals surface area contributed by atoms with Gasteiger partial charge >= 0.3 is 11.7 Å². The number of methoxy groups -OCH3 is 1. The first-order valence-electron chi connectivity index (χ1n) is 7.62. The number of hydrogen-bond acceptors (Lipinski definition) is 6. The largest absolute Gasteiger partial charge is 0.507 e.